The van der Waals surface area contributed by atoms with E-state index in [1.54, 1.807) is 15.8 Å². The Morgan fingerprint density at radius 3 is 2.65 bits per heavy atom. The van der Waals surface area contributed by atoms with Gasteiger partial charge in [0.05, 0.1) is 11.9 Å². The minimum absolute atomic E-state index is 0.0746. The van der Waals surface area contributed by atoms with Gasteiger partial charge in [0.2, 0.25) is 5.91 Å². The van der Waals surface area contributed by atoms with Crippen molar-refractivity contribution < 1.29 is 4.79 Å². The summed E-state index contributed by atoms with van der Waals surface area (Å²) in [6.07, 6.45) is 3.60. The van der Waals surface area contributed by atoms with Gasteiger partial charge >= 0.3 is 0 Å². The number of piperazine rings is 1. The van der Waals surface area contributed by atoms with Gasteiger partial charge in [0.25, 0.3) is 0 Å². The van der Waals surface area contributed by atoms with Gasteiger partial charge < -0.3 is 15.1 Å². The van der Waals surface area contributed by atoms with Crippen LogP contribution in [0, 0.1) is 5.41 Å². The van der Waals surface area contributed by atoms with Crippen LogP contribution < -0.4 is 10.2 Å². The van der Waals surface area contributed by atoms with Crippen molar-refractivity contribution in [1.82, 2.24) is 20.0 Å². The van der Waals surface area contributed by atoms with Crippen LogP contribution in [0.2, 0.25) is 0 Å². The van der Waals surface area contributed by atoms with Gasteiger partial charge in [0.15, 0.2) is 5.96 Å². The molecule has 1 aliphatic heterocycles. The van der Waals surface area contributed by atoms with E-state index in [0.29, 0.717) is 13.1 Å². The number of guanidine groups is 1. The highest BCUT2D eigenvalue weighted by molar-refractivity contribution is 5.98. The summed E-state index contributed by atoms with van der Waals surface area (Å²) in [6.45, 7) is 11.8. The van der Waals surface area contributed by atoms with Crippen molar-refractivity contribution in [2.75, 3.05) is 37.6 Å². The maximum atomic E-state index is 12.5. The molecule has 1 fully saturated rings. The van der Waals surface area contributed by atoms with E-state index < -0.39 is 0 Å². The van der Waals surface area contributed by atoms with Gasteiger partial charge in [-0.3, -0.25) is 14.5 Å². The number of hydrogen-bond donors (Lipinski definition) is 1. The van der Waals surface area contributed by atoms with Gasteiger partial charge in [0.1, 0.15) is 6.54 Å². The van der Waals surface area contributed by atoms with E-state index in [1.807, 2.05) is 25.1 Å². The number of carbonyl (C=O) groups excluding carboxylic acids is 1. The molecule has 0 bridgehead atoms. The van der Waals surface area contributed by atoms with Crippen LogP contribution in [0.4, 0.5) is 5.69 Å². The average molecular weight is 320 g/mol. The van der Waals surface area contributed by atoms with E-state index >= 15 is 0 Å². The van der Waals surface area contributed by atoms with E-state index in [0.717, 1.165) is 31.3 Å². The number of amides is 1. The molecule has 0 saturated carbocycles. The highest BCUT2D eigenvalue weighted by atomic mass is 16.2. The molecule has 0 unspecified atom stereocenters. The zero-order valence-electron chi connectivity index (χ0n) is 14.8. The number of carbonyl (C=O) groups is 1. The largest absolute Gasteiger partial charge is 0.357 e. The van der Waals surface area contributed by atoms with Crippen LogP contribution in [0.1, 0.15) is 27.7 Å². The summed E-state index contributed by atoms with van der Waals surface area (Å²) in [5, 5.41) is 7.43. The Bertz CT molecular complexity index is 571. The first-order chi connectivity index (χ1) is 10.8. The SMILES string of the molecule is CCNC(=NCC(C)(C)C)N1CCN(c2cnn(C)c2)C(=O)C1. The molecule has 0 aliphatic carbocycles. The summed E-state index contributed by atoms with van der Waals surface area (Å²) in [4.78, 5) is 21.0. The first-order valence-corrected chi connectivity index (χ1v) is 8.12. The predicted octanol–water partition coefficient (Wildman–Crippen LogP) is 1.08. The lowest BCUT2D eigenvalue weighted by Crippen LogP contribution is -2.55. The highest BCUT2D eigenvalue weighted by Gasteiger charge is 2.27. The molecule has 7 heteroatoms. The molecule has 1 amide bonds. The monoisotopic (exact) mass is 320 g/mol. The quantitative estimate of drug-likeness (QED) is 0.668. The number of rotatable bonds is 3. The lowest BCUT2D eigenvalue weighted by Gasteiger charge is -2.35. The molecule has 0 aromatic carbocycles. The Balaban J connectivity index is 2.05. The minimum Gasteiger partial charge on any atom is -0.357 e. The Hall–Kier alpha value is -2.05. The van der Waals surface area contributed by atoms with Crippen molar-refractivity contribution in [3.05, 3.63) is 12.4 Å². The van der Waals surface area contributed by atoms with Gasteiger partial charge in [-0.15, -0.1) is 0 Å². The summed E-state index contributed by atoms with van der Waals surface area (Å²) >= 11 is 0. The van der Waals surface area contributed by atoms with Crippen LogP contribution in [0.5, 0.6) is 0 Å². The standard InChI is InChI=1S/C16H28N6O/c1-6-17-15(18-12-16(2,3)4)21-7-8-22(14(23)11-21)13-9-19-20(5)10-13/h9-10H,6-8,11-12H2,1-5H3,(H,17,18). The summed E-state index contributed by atoms with van der Waals surface area (Å²) in [5.74, 6) is 0.896. The van der Waals surface area contributed by atoms with Crippen LogP contribution in [-0.2, 0) is 11.8 Å². The second-order valence-corrected chi connectivity index (χ2v) is 7.07. The average Bonchev–Trinajstić information content (AvgIpc) is 2.88. The molecule has 7 nitrogen and oxygen atoms in total. The zero-order valence-corrected chi connectivity index (χ0v) is 14.8. The number of anilines is 1. The fourth-order valence-corrected chi connectivity index (χ4v) is 2.41. The summed E-state index contributed by atoms with van der Waals surface area (Å²) < 4.78 is 1.71. The third kappa shape index (κ3) is 4.71. The molecule has 128 valence electrons. The van der Waals surface area contributed by atoms with Gasteiger partial charge in [-0.2, -0.15) is 5.10 Å². The van der Waals surface area contributed by atoms with Crippen molar-refractivity contribution in [3.8, 4) is 0 Å². The maximum absolute atomic E-state index is 12.5. The number of aryl methyl sites for hydroxylation is 1. The molecular formula is C16H28N6O. The smallest absolute Gasteiger partial charge is 0.246 e. The Kier molecular flexibility index (Phi) is 5.28. The molecule has 0 atom stereocenters. The third-order valence-corrected chi connectivity index (χ3v) is 3.56. The Morgan fingerprint density at radius 1 is 1.39 bits per heavy atom. The normalized spacial score (nSPS) is 16.9. The molecular weight excluding hydrogens is 292 g/mol. The third-order valence-electron chi connectivity index (χ3n) is 3.56. The van der Waals surface area contributed by atoms with Gasteiger partial charge in [0, 0.05) is 39.4 Å². The van der Waals surface area contributed by atoms with Crippen LogP contribution in [-0.4, -0.2) is 59.3 Å². The van der Waals surface area contributed by atoms with Gasteiger partial charge in [-0.25, -0.2) is 0 Å². The van der Waals surface area contributed by atoms with Crippen molar-refractivity contribution in [1.29, 1.82) is 0 Å². The van der Waals surface area contributed by atoms with Gasteiger partial charge in [-0.1, -0.05) is 20.8 Å². The first-order valence-electron chi connectivity index (χ1n) is 8.12. The molecule has 1 saturated heterocycles. The first kappa shape index (κ1) is 17.3. The number of aromatic nitrogens is 2. The van der Waals surface area contributed by atoms with Crippen LogP contribution in [0.3, 0.4) is 0 Å². The van der Waals surface area contributed by atoms with Crippen molar-refractivity contribution >= 4 is 17.6 Å². The van der Waals surface area contributed by atoms with E-state index in [1.165, 1.54) is 0 Å². The molecule has 1 aromatic rings. The van der Waals surface area contributed by atoms with Crippen LogP contribution in [0.15, 0.2) is 17.4 Å². The van der Waals surface area contributed by atoms with E-state index in [4.69, 9.17) is 0 Å². The molecule has 2 rings (SSSR count). The molecule has 23 heavy (non-hydrogen) atoms. The van der Waals surface area contributed by atoms with Crippen molar-refractivity contribution in [2.45, 2.75) is 27.7 Å². The Labute approximate surface area is 138 Å². The summed E-state index contributed by atoms with van der Waals surface area (Å²) in [7, 11) is 1.85. The summed E-state index contributed by atoms with van der Waals surface area (Å²) in [5.41, 5.74) is 0.983. The zero-order chi connectivity index (χ0) is 17.0. The Morgan fingerprint density at radius 2 is 2.13 bits per heavy atom. The molecule has 2 heterocycles. The number of aliphatic imine (C=N–C) groups is 1. The fourth-order valence-electron chi connectivity index (χ4n) is 2.41. The van der Waals surface area contributed by atoms with Crippen molar-refractivity contribution in [2.24, 2.45) is 17.5 Å². The molecule has 1 N–H and O–H groups in total. The second kappa shape index (κ2) is 7.02. The topological polar surface area (TPSA) is 65.8 Å². The van der Waals surface area contributed by atoms with E-state index in [2.05, 4.69) is 36.2 Å². The number of nitrogens with zero attached hydrogens (tertiary/aromatic N) is 5. The lowest BCUT2D eigenvalue weighted by atomic mass is 9.97. The molecule has 0 spiro atoms. The molecule has 0 radical (unpaired) electrons. The molecule has 1 aromatic heterocycles. The number of nitrogens with one attached hydrogen (secondary N) is 1. The predicted molar refractivity (Wildman–Crippen MR) is 92.6 cm³/mol. The maximum Gasteiger partial charge on any atom is 0.246 e. The van der Waals surface area contributed by atoms with E-state index in [-0.39, 0.29) is 11.3 Å². The summed E-state index contributed by atoms with van der Waals surface area (Å²) in [6, 6.07) is 0. The van der Waals surface area contributed by atoms with Crippen LogP contribution >= 0.6 is 0 Å². The number of hydrogen-bond acceptors (Lipinski definition) is 3. The highest BCUT2D eigenvalue weighted by Crippen LogP contribution is 2.17. The second-order valence-electron chi connectivity index (χ2n) is 7.07. The van der Waals surface area contributed by atoms with E-state index in [9.17, 15) is 4.79 Å². The minimum atomic E-state index is 0.0746. The molecule has 1 aliphatic rings. The lowest BCUT2D eigenvalue weighted by molar-refractivity contribution is -0.120. The van der Waals surface area contributed by atoms with Crippen molar-refractivity contribution in [3.63, 3.8) is 0 Å². The van der Waals surface area contributed by atoms with Gasteiger partial charge in [-0.05, 0) is 12.3 Å². The van der Waals surface area contributed by atoms with Crippen LogP contribution in [0.25, 0.3) is 0 Å². The fraction of sp³-hybridized carbons (Fsp3) is 0.688.